The van der Waals surface area contributed by atoms with E-state index in [-0.39, 0.29) is 17.2 Å². The number of carbonyl (C=O) groups excluding carboxylic acids is 1. The maximum Gasteiger partial charge on any atom is 0.260 e. The lowest BCUT2D eigenvalue weighted by atomic mass is 10.1. The molecule has 0 spiro atoms. The third-order valence-corrected chi connectivity index (χ3v) is 9.07. The fraction of sp³-hybridized carbons (Fsp3) is 0.519. The number of amides is 1. The van der Waals surface area contributed by atoms with Crippen LogP contribution in [0, 0.1) is 4.78 Å². The maximum atomic E-state index is 13.7. The van der Waals surface area contributed by atoms with Crippen molar-refractivity contribution < 1.29 is 17.4 Å². The van der Waals surface area contributed by atoms with Crippen LogP contribution in [-0.4, -0.2) is 50.2 Å². The van der Waals surface area contributed by atoms with E-state index in [1.165, 1.54) is 0 Å². The number of sulfonamides is 1. The molecular weight excluding hydrogens is 522 g/mol. The van der Waals surface area contributed by atoms with E-state index in [1.54, 1.807) is 41.3 Å². The Bertz CT molecular complexity index is 1330. The van der Waals surface area contributed by atoms with Gasteiger partial charge >= 0.3 is 0 Å². The van der Waals surface area contributed by atoms with E-state index in [4.69, 9.17) is 10.5 Å². The van der Waals surface area contributed by atoms with Gasteiger partial charge in [-0.1, -0.05) is 38.7 Å². The standard InChI is InChI=1S/C27H41N5O4S2/c1-3-4-5-6-7-17-38(29,36)23-10-12-26-22(19-23)13-16-32(26)27(33)24-18-21(20-30-15-8-14-28)9-11-25(24)31-37(2,34)35/h9-12,18-19,29-31H,3-8,13-17,20,28H2,1-2H3. The minimum Gasteiger partial charge on any atom is -0.330 e. The molecule has 5 N–H and O–H groups in total. The molecule has 3 rings (SSSR count). The van der Waals surface area contributed by atoms with Gasteiger partial charge in [0.1, 0.15) is 0 Å². The van der Waals surface area contributed by atoms with Gasteiger partial charge in [0.2, 0.25) is 10.0 Å². The quantitative estimate of drug-likeness (QED) is 0.240. The number of nitrogens with zero attached hydrogens (tertiary/aromatic N) is 1. The zero-order valence-electron chi connectivity index (χ0n) is 22.4. The van der Waals surface area contributed by atoms with Crippen molar-refractivity contribution in [1.29, 1.82) is 4.78 Å². The lowest BCUT2D eigenvalue weighted by Gasteiger charge is -2.21. The molecule has 9 nitrogen and oxygen atoms in total. The van der Waals surface area contributed by atoms with Crippen molar-refractivity contribution in [3.63, 3.8) is 0 Å². The molecule has 2 aromatic carbocycles. The molecule has 0 saturated heterocycles. The van der Waals surface area contributed by atoms with Gasteiger partial charge in [-0.15, -0.1) is 0 Å². The summed E-state index contributed by atoms with van der Waals surface area (Å²) in [6.07, 6.45) is 7.58. The molecule has 0 saturated carbocycles. The number of hydrogen-bond acceptors (Lipinski definition) is 7. The SMILES string of the molecule is CCCCCCCS(=N)(=O)c1ccc2c(c1)CCN2C(=O)c1cc(CNCCCN)ccc1NS(C)(=O)=O. The van der Waals surface area contributed by atoms with E-state index in [2.05, 4.69) is 17.0 Å². The first-order valence-electron chi connectivity index (χ1n) is 13.3. The second-order valence-electron chi connectivity index (χ2n) is 9.86. The summed E-state index contributed by atoms with van der Waals surface area (Å²) in [5.41, 5.74) is 8.47. The van der Waals surface area contributed by atoms with Gasteiger partial charge in [-0.2, -0.15) is 0 Å². The summed E-state index contributed by atoms with van der Waals surface area (Å²) < 4.78 is 48.0. The van der Waals surface area contributed by atoms with E-state index in [0.29, 0.717) is 42.4 Å². The van der Waals surface area contributed by atoms with Gasteiger partial charge in [0.25, 0.3) is 5.91 Å². The summed E-state index contributed by atoms with van der Waals surface area (Å²) in [4.78, 5) is 15.8. The molecular formula is C27H41N5O4S2. The van der Waals surface area contributed by atoms with Gasteiger partial charge < -0.3 is 16.0 Å². The summed E-state index contributed by atoms with van der Waals surface area (Å²) in [7, 11) is -6.49. The van der Waals surface area contributed by atoms with E-state index in [0.717, 1.165) is 62.5 Å². The average molecular weight is 564 g/mol. The average Bonchev–Trinajstić information content (AvgIpc) is 3.29. The van der Waals surface area contributed by atoms with Crippen molar-refractivity contribution in [2.45, 2.75) is 63.3 Å². The number of benzene rings is 2. The van der Waals surface area contributed by atoms with Gasteiger partial charge in [0.15, 0.2) is 0 Å². The van der Waals surface area contributed by atoms with Gasteiger partial charge in [-0.25, -0.2) is 17.4 Å². The largest absolute Gasteiger partial charge is 0.330 e. The Morgan fingerprint density at radius 3 is 2.53 bits per heavy atom. The lowest BCUT2D eigenvalue weighted by Crippen LogP contribution is -2.30. The summed E-state index contributed by atoms with van der Waals surface area (Å²) >= 11 is 0. The topological polar surface area (TPSA) is 145 Å². The van der Waals surface area contributed by atoms with Gasteiger partial charge in [-0.05, 0) is 73.8 Å². The maximum absolute atomic E-state index is 13.7. The molecule has 1 aliphatic heterocycles. The van der Waals surface area contributed by atoms with Crippen LogP contribution in [0.25, 0.3) is 0 Å². The Kier molecular flexibility index (Phi) is 10.7. The van der Waals surface area contributed by atoms with E-state index < -0.39 is 19.8 Å². The number of nitrogens with one attached hydrogen (secondary N) is 3. The second-order valence-corrected chi connectivity index (χ2v) is 13.8. The van der Waals surface area contributed by atoms with Crippen LogP contribution in [0.15, 0.2) is 41.3 Å². The third kappa shape index (κ3) is 8.26. The van der Waals surface area contributed by atoms with E-state index in [9.17, 15) is 17.4 Å². The minimum atomic E-state index is -3.59. The number of unbranched alkanes of at least 4 members (excludes halogenated alkanes) is 4. The third-order valence-electron chi connectivity index (χ3n) is 6.60. The van der Waals surface area contributed by atoms with Crippen LogP contribution in [0.5, 0.6) is 0 Å². The van der Waals surface area contributed by atoms with Gasteiger partial charge in [0.05, 0.1) is 27.2 Å². The first kappa shape index (κ1) is 30.1. The second kappa shape index (κ2) is 13.5. The van der Waals surface area contributed by atoms with Crippen LogP contribution < -0.4 is 20.7 Å². The van der Waals surface area contributed by atoms with Crippen molar-refractivity contribution in [2.24, 2.45) is 5.73 Å². The van der Waals surface area contributed by atoms with Crippen molar-refractivity contribution >= 4 is 37.0 Å². The number of anilines is 2. The molecule has 1 atom stereocenters. The molecule has 38 heavy (non-hydrogen) atoms. The summed E-state index contributed by atoms with van der Waals surface area (Å²) in [6, 6.07) is 10.4. The lowest BCUT2D eigenvalue weighted by molar-refractivity contribution is 0.0990. The zero-order chi connectivity index (χ0) is 27.8. The Balaban J connectivity index is 1.82. The molecule has 0 aromatic heterocycles. The monoisotopic (exact) mass is 563 g/mol. The highest BCUT2D eigenvalue weighted by Crippen LogP contribution is 2.33. The van der Waals surface area contributed by atoms with Crippen molar-refractivity contribution in [1.82, 2.24) is 5.32 Å². The predicted molar refractivity (Wildman–Crippen MR) is 155 cm³/mol. The smallest absolute Gasteiger partial charge is 0.260 e. The molecule has 1 unspecified atom stereocenters. The summed E-state index contributed by atoms with van der Waals surface area (Å²) in [5, 5.41) is 3.28. The predicted octanol–water partition coefficient (Wildman–Crippen LogP) is 4.08. The Morgan fingerprint density at radius 1 is 1.05 bits per heavy atom. The highest BCUT2D eigenvalue weighted by molar-refractivity contribution is 7.92. The molecule has 0 fully saturated rings. The van der Waals surface area contributed by atoms with E-state index >= 15 is 0 Å². The highest BCUT2D eigenvalue weighted by atomic mass is 32.2. The van der Waals surface area contributed by atoms with Crippen LogP contribution in [-0.2, 0) is 32.7 Å². The number of hydrogen-bond donors (Lipinski definition) is 4. The Morgan fingerprint density at radius 2 is 1.82 bits per heavy atom. The summed E-state index contributed by atoms with van der Waals surface area (Å²) in [5.74, 6) is 0.0269. The highest BCUT2D eigenvalue weighted by Gasteiger charge is 2.29. The minimum absolute atomic E-state index is 0.227. The fourth-order valence-corrected chi connectivity index (χ4v) is 6.64. The molecule has 2 aromatic rings. The molecule has 1 amide bonds. The molecule has 1 heterocycles. The van der Waals surface area contributed by atoms with Crippen molar-refractivity contribution in [3.05, 3.63) is 53.1 Å². The van der Waals surface area contributed by atoms with Gasteiger partial charge in [0, 0.05) is 29.4 Å². The number of carbonyl (C=O) groups is 1. The van der Waals surface area contributed by atoms with Gasteiger partial charge in [-0.3, -0.25) is 9.52 Å². The van der Waals surface area contributed by atoms with Crippen LogP contribution >= 0.6 is 0 Å². The molecule has 0 bridgehead atoms. The first-order valence-corrected chi connectivity index (χ1v) is 16.9. The number of rotatable bonds is 15. The molecule has 1 aliphatic rings. The van der Waals surface area contributed by atoms with Crippen molar-refractivity contribution in [2.75, 3.05) is 41.3 Å². The van der Waals surface area contributed by atoms with Crippen molar-refractivity contribution in [3.8, 4) is 0 Å². The first-order chi connectivity index (χ1) is 18.1. The molecule has 210 valence electrons. The molecule has 0 radical (unpaired) electrons. The molecule has 11 heteroatoms. The van der Waals surface area contributed by atoms with Crippen LogP contribution in [0.2, 0.25) is 0 Å². The number of nitrogens with two attached hydrogens (primary N) is 1. The van der Waals surface area contributed by atoms with Crippen LogP contribution in [0.3, 0.4) is 0 Å². The normalized spacial score (nSPS) is 14.8. The zero-order valence-corrected chi connectivity index (χ0v) is 24.1. The fourth-order valence-electron chi connectivity index (χ4n) is 4.59. The van der Waals surface area contributed by atoms with E-state index in [1.807, 2.05) is 0 Å². The van der Waals surface area contributed by atoms with Crippen LogP contribution in [0.1, 0.15) is 66.9 Å². The Hall–Kier alpha value is -2.47. The number of fused-ring (bicyclic) bond motifs is 1. The molecule has 0 aliphatic carbocycles. The Labute approximate surface area is 227 Å². The van der Waals surface area contributed by atoms with Crippen LogP contribution in [0.4, 0.5) is 11.4 Å². The summed E-state index contributed by atoms with van der Waals surface area (Å²) in [6.45, 7) is 4.41.